The second kappa shape index (κ2) is 10.6. The van der Waals surface area contributed by atoms with Crippen molar-refractivity contribution in [1.29, 1.82) is 0 Å². The average molecular weight is 339 g/mol. The molecule has 1 N–H and O–H groups in total. The van der Waals surface area contributed by atoms with Gasteiger partial charge in [0.1, 0.15) is 0 Å². The van der Waals surface area contributed by atoms with Gasteiger partial charge in [-0.05, 0) is 63.0 Å². The van der Waals surface area contributed by atoms with Gasteiger partial charge in [-0.15, -0.1) is 0 Å². The summed E-state index contributed by atoms with van der Waals surface area (Å²) in [4.78, 5) is 2.38. The summed E-state index contributed by atoms with van der Waals surface area (Å²) >= 11 is 0. The molecule has 0 aliphatic carbocycles. The van der Waals surface area contributed by atoms with Crippen LogP contribution in [0.15, 0.2) is 66.4 Å². The summed E-state index contributed by atoms with van der Waals surface area (Å²) in [7, 11) is 0. The van der Waals surface area contributed by atoms with Gasteiger partial charge < -0.3 is 10.2 Å². The topological polar surface area (TPSA) is 15.3 Å². The number of nitrogens with one attached hydrogen (secondary N) is 1. The lowest BCUT2D eigenvalue weighted by molar-refractivity contribution is 0.397. The molecule has 0 atom stereocenters. The van der Waals surface area contributed by atoms with Crippen molar-refractivity contribution in [2.75, 3.05) is 18.4 Å². The summed E-state index contributed by atoms with van der Waals surface area (Å²) in [5, 5.41) is 3.46. The smallest absolute Gasteiger partial charge is 0.0388 e. The van der Waals surface area contributed by atoms with Gasteiger partial charge in [0.2, 0.25) is 0 Å². The summed E-state index contributed by atoms with van der Waals surface area (Å²) in [6.45, 7) is 21.0. The zero-order chi connectivity index (χ0) is 18.8. The molecule has 0 aliphatic rings. The Morgan fingerprint density at radius 3 is 2.24 bits per heavy atom. The Balaban J connectivity index is 2.90. The molecule has 136 valence electrons. The highest BCUT2D eigenvalue weighted by atomic mass is 15.1. The van der Waals surface area contributed by atoms with E-state index in [2.05, 4.69) is 87.5 Å². The van der Waals surface area contributed by atoms with Crippen molar-refractivity contribution in [3.8, 4) is 0 Å². The van der Waals surface area contributed by atoms with E-state index >= 15 is 0 Å². The first kappa shape index (κ1) is 20.8. The maximum absolute atomic E-state index is 4.33. The molecule has 0 saturated carbocycles. The first-order valence-electron chi connectivity index (χ1n) is 9.21. The summed E-state index contributed by atoms with van der Waals surface area (Å²) in [5.74, 6) is 0. The van der Waals surface area contributed by atoms with Gasteiger partial charge in [-0.1, -0.05) is 50.8 Å². The van der Waals surface area contributed by atoms with Crippen molar-refractivity contribution in [3.63, 3.8) is 0 Å². The van der Waals surface area contributed by atoms with Crippen LogP contribution in [-0.4, -0.2) is 18.0 Å². The van der Waals surface area contributed by atoms with Crippen molar-refractivity contribution in [2.45, 2.75) is 47.5 Å². The Hall–Kier alpha value is -2.22. The maximum Gasteiger partial charge on any atom is 0.0388 e. The molecule has 2 nitrogen and oxygen atoms in total. The molecule has 0 amide bonds. The van der Waals surface area contributed by atoms with E-state index in [0.717, 1.165) is 48.6 Å². The number of hydrogen-bond donors (Lipinski definition) is 1. The predicted molar refractivity (Wildman–Crippen MR) is 114 cm³/mol. The van der Waals surface area contributed by atoms with E-state index in [1.807, 2.05) is 6.92 Å². The van der Waals surface area contributed by atoms with E-state index in [-0.39, 0.29) is 0 Å². The van der Waals surface area contributed by atoms with Gasteiger partial charge in [0.25, 0.3) is 0 Å². The molecule has 0 fully saturated rings. The van der Waals surface area contributed by atoms with E-state index in [0.29, 0.717) is 0 Å². The molecular formula is C23H34N2. The molecule has 0 aromatic heterocycles. The first-order chi connectivity index (χ1) is 11.9. The summed E-state index contributed by atoms with van der Waals surface area (Å²) < 4.78 is 0. The number of nitrogens with zero attached hydrogens (tertiary/aromatic N) is 1. The molecule has 0 saturated heterocycles. The monoisotopic (exact) mass is 338 g/mol. The number of hydrogen-bond acceptors (Lipinski definition) is 2. The minimum absolute atomic E-state index is 1.05. The number of anilines is 1. The molecule has 1 rings (SSSR count). The van der Waals surface area contributed by atoms with Crippen molar-refractivity contribution < 1.29 is 0 Å². The fourth-order valence-corrected chi connectivity index (χ4v) is 2.54. The van der Waals surface area contributed by atoms with E-state index in [1.54, 1.807) is 0 Å². The Labute approximate surface area is 154 Å². The Morgan fingerprint density at radius 2 is 1.68 bits per heavy atom. The molecule has 0 radical (unpaired) electrons. The average Bonchev–Trinajstić information content (AvgIpc) is 2.59. The van der Waals surface area contributed by atoms with Crippen molar-refractivity contribution in [3.05, 3.63) is 72.0 Å². The zero-order valence-electron chi connectivity index (χ0n) is 16.7. The molecule has 0 unspecified atom stereocenters. The van der Waals surface area contributed by atoms with Crippen LogP contribution in [0.1, 0.15) is 53.0 Å². The summed E-state index contributed by atoms with van der Waals surface area (Å²) in [5.41, 5.74) is 6.75. The summed E-state index contributed by atoms with van der Waals surface area (Å²) in [6, 6.07) is 8.48. The highest BCUT2D eigenvalue weighted by Crippen LogP contribution is 2.22. The van der Waals surface area contributed by atoms with Crippen molar-refractivity contribution >= 4 is 11.4 Å². The first-order valence-corrected chi connectivity index (χ1v) is 9.21. The van der Waals surface area contributed by atoms with Crippen LogP contribution < -0.4 is 5.32 Å². The Bertz CT molecular complexity index is 644. The number of rotatable bonds is 10. The third-order valence-corrected chi connectivity index (χ3v) is 4.16. The predicted octanol–water partition coefficient (Wildman–Crippen LogP) is 6.62. The SMILES string of the molecule is C=C(C)/C(C)=C\C=C(/C)Nc1cccc(C(=C)N(CCC)CCC)c1. The number of benzene rings is 1. The lowest BCUT2D eigenvalue weighted by atomic mass is 10.1. The number of allylic oxidation sites excluding steroid dienone is 5. The van der Waals surface area contributed by atoms with E-state index in [9.17, 15) is 0 Å². The largest absolute Gasteiger partial charge is 0.372 e. The van der Waals surface area contributed by atoms with Gasteiger partial charge in [-0.2, -0.15) is 0 Å². The zero-order valence-corrected chi connectivity index (χ0v) is 16.7. The van der Waals surface area contributed by atoms with Gasteiger partial charge >= 0.3 is 0 Å². The van der Waals surface area contributed by atoms with E-state index < -0.39 is 0 Å². The molecule has 25 heavy (non-hydrogen) atoms. The van der Waals surface area contributed by atoms with Crippen LogP contribution in [0.2, 0.25) is 0 Å². The van der Waals surface area contributed by atoms with Gasteiger partial charge in [0.15, 0.2) is 0 Å². The van der Waals surface area contributed by atoms with Crippen LogP contribution in [0, 0.1) is 0 Å². The third-order valence-electron chi connectivity index (χ3n) is 4.16. The van der Waals surface area contributed by atoms with Gasteiger partial charge in [-0.3, -0.25) is 0 Å². The molecule has 0 heterocycles. The third kappa shape index (κ3) is 7.04. The van der Waals surface area contributed by atoms with Crippen LogP contribution in [0.3, 0.4) is 0 Å². The van der Waals surface area contributed by atoms with Gasteiger partial charge in [0.05, 0.1) is 0 Å². The Kier molecular flexibility index (Phi) is 8.83. The molecule has 1 aromatic rings. The minimum atomic E-state index is 1.05. The Morgan fingerprint density at radius 1 is 1.04 bits per heavy atom. The molecule has 0 spiro atoms. The second-order valence-electron chi connectivity index (χ2n) is 6.62. The molecular weight excluding hydrogens is 304 g/mol. The fourth-order valence-electron chi connectivity index (χ4n) is 2.54. The van der Waals surface area contributed by atoms with Gasteiger partial charge in [0, 0.05) is 30.2 Å². The standard InChI is InChI=1S/C23H34N2/c1-8-15-25(16-9-2)21(7)22-11-10-12-23(17-22)24-20(6)14-13-19(5)18(3)4/h10-14,17,24H,3,7-9,15-16H2,1-2,4-6H3/b19-13-,20-14+. The van der Waals surface area contributed by atoms with Crippen LogP contribution in [0.4, 0.5) is 5.69 Å². The van der Waals surface area contributed by atoms with E-state index in [4.69, 9.17) is 0 Å². The van der Waals surface area contributed by atoms with E-state index in [1.165, 1.54) is 11.1 Å². The van der Waals surface area contributed by atoms with Crippen molar-refractivity contribution in [1.82, 2.24) is 4.90 Å². The molecule has 0 aliphatic heterocycles. The molecule has 0 bridgehead atoms. The van der Waals surface area contributed by atoms with Crippen LogP contribution in [0.5, 0.6) is 0 Å². The molecule has 1 aromatic carbocycles. The lowest BCUT2D eigenvalue weighted by Crippen LogP contribution is -2.23. The van der Waals surface area contributed by atoms with Crippen LogP contribution >= 0.6 is 0 Å². The van der Waals surface area contributed by atoms with Gasteiger partial charge in [-0.25, -0.2) is 0 Å². The highest BCUT2D eigenvalue weighted by Gasteiger charge is 2.08. The highest BCUT2D eigenvalue weighted by molar-refractivity contribution is 5.66. The minimum Gasteiger partial charge on any atom is -0.372 e. The lowest BCUT2D eigenvalue weighted by Gasteiger charge is -2.26. The van der Waals surface area contributed by atoms with Crippen LogP contribution in [0.25, 0.3) is 5.70 Å². The van der Waals surface area contributed by atoms with Crippen molar-refractivity contribution in [2.24, 2.45) is 0 Å². The quantitative estimate of drug-likeness (QED) is 0.482. The fraction of sp³-hybridized carbons (Fsp3) is 0.391. The maximum atomic E-state index is 4.33. The van der Waals surface area contributed by atoms with Crippen LogP contribution in [-0.2, 0) is 0 Å². The second-order valence-corrected chi connectivity index (χ2v) is 6.62. The normalized spacial score (nSPS) is 12.0. The summed E-state index contributed by atoms with van der Waals surface area (Å²) in [6.07, 6.45) is 6.45. The molecule has 2 heteroatoms.